The maximum atomic E-state index is 10.8. The van der Waals surface area contributed by atoms with Crippen LogP contribution in [0, 0.1) is 0 Å². The minimum Gasteiger partial charge on any atom is -0.480 e. The average Bonchev–Trinajstić information content (AvgIpc) is 2.86. The van der Waals surface area contributed by atoms with Gasteiger partial charge in [0.25, 0.3) is 0 Å². The third-order valence-electron chi connectivity index (χ3n) is 2.60. The number of hydrogen-bond donors (Lipinski definition) is 2. The number of hydrogen-bond acceptors (Lipinski definition) is 4. The van der Waals surface area contributed by atoms with Crippen molar-refractivity contribution in [1.29, 1.82) is 0 Å². The van der Waals surface area contributed by atoms with E-state index in [9.17, 15) is 4.79 Å². The van der Waals surface area contributed by atoms with Gasteiger partial charge in [0.1, 0.15) is 6.04 Å². The molecule has 2 rings (SSSR count). The first-order valence-corrected chi connectivity index (χ1v) is 6.26. The van der Waals surface area contributed by atoms with Crippen molar-refractivity contribution < 1.29 is 9.90 Å². The number of imidazole rings is 1. The van der Waals surface area contributed by atoms with Crippen LogP contribution in [0.4, 0.5) is 0 Å². The minimum absolute atomic E-state index is 0.0333. The van der Waals surface area contributed by atoms with E-state index in [0.29, 0.717) is 11.8 Å². The monoisotopic (exact) mass is 241 g/mol. The lowest BCUT2D eigenvalue weighted by Crippen LogP contribution is -2.34. The molecular weight excluding hydrogens is 226 g/mol. The standard InChI is InChI=1S/C10H15N3O2S/c1-6(2)13-5-11-3-8(13)9-12-7(4-16-9)10(14)15/h3,5-7,9,12H,4H2,1-2H3,(H,14,15)/t7-,9?/m0/s1. The molecule has 88 valence electrons. The molecule has 1 saturated heterocycles. The van der Waals surface area contributed by atoms with Crippen molar-refractivity contribution in [3.05, 3.63) is 18.2 Å². The van der Waals surface area contributed by atoms with Gasteiger partial charge in [-0.25, -0.2) is 4.98 Å². The Balaban J connectivity index is 2.14. The predicted molar refractivity (Wildman–Crippen MR) is 62.4 cm³/mol. The number of thioether (sulfide) groups is 1. The van der Waals surface area contributed by atoms with Crippen molar-refractivity contribution in [3.8, 4) is 0 Å². The molecule has 0 saturated carbocycles. The molecule has 1 fully saturated rings. The number of rotatable bonds is 3. The summed E-state index contributed by atoms with van der Waals surface area (Å²) in [5, 5.41) is 12.0. The first-order valence-electron chi connectivity index (χ1n) is 5.21. The third kappa shape index (κ3) is 2.08. The summed E-state index contributed by atoms with van der Waals surface area (Å²) in [6.45, 7) is 4.17. The summed E-state index contributed by atoms with van der Waals surface area (Å²) in [5.41, 5.74) is 1.05. The van der Waals surface area contributed by atoms with Crippen LogP contribution in [0.3, 0.4) is 0 Å². The van der Waals surface area contributed by atoms with Crippen molar-refractivity contribution in [2.24, 2.45) is 0 Å². The number of carbonyl (C=O) groups is 1. The number of nitrogens with one attached hydrogen (secondary N) is 1. The summed E-state index contributed by atoms with van der Waals surface area (Å²) in [5.74, 6) is -0.186. The molecule has 0 radical (unpaired) electrons. The van der Waals surface area contributed by atoms with E-state index in [1.165, 1.54) is 0 Å². The molecule has 5 nitrogen and oxygen atoms in total. The molecule has 0 aromatic carbocycles. The van der Waals surface area contributed by atoms with Crippen molar-refractivity contribution >= 4 is 17.7 Å². The van der Waals surface area contributed by atoms with Crippen molar-refractivity contribution in [2.75, 3.05) is 5.75 Å². The number of carboxylic acid groups (broad SMARTS) is 1. The zero-order valence-electron chi connectivity index (χ0n) is 9.25. The molecule has 0 spiro atoms. The maximum absolute atomic E-state index is 10.8. The van der Waals surface area contributed by atoms with E-state index in [0.717, 1.165) is 5.69 Å². The first-order chi connectivity index (χ1) is 7.59. The Hall–Kier alpha value is -1.01. The van der Waals surface area contributed by atoms with Crippen LogP contribution < -0.4 is 5.32 Å². The van der Waals surface area contributed by atoms with Gasteiger partial charge in [0.2, 0.25) is 0 Å². The average molecular weight is 241 g/mol. The second-order valence-corrected chi connectivity index (χ2v) is 5.23. The molecule has 1 aliphatic heterocycles. The molecule has 16 heavy (non-hydrogen) atoms. The lowest BCUT2D eigenvalue weighted by Gasteiger charge is -2.16. The second-order valence-electron chi connectivity index (χ2n) is 4.09. The Morgan fingerprint density at radius 3 is 3.06 bits per heavy atom. The summed E-state index contributed by atoms with van der Waals surface area (Å²) >= 11 is 1.62. The Morgan fingerprint density at radius 1 is 1.75 bits per heavy atom. The quantitative estimate of drug-likeness (QED) is 0.833. The highest BCUT2D eigenvalue weighted by atomic mass is 32.2. The number of nitrogens with zero attached hydrogens (tertiary/aromatic N) is 2. The molecule has 0 amide bonds. The topological polar surface area (TPSA) is 67.2 Å². The van der Waals surface area contributed by atoms with E-state index >= 15 is 0 Å². The van der Waals surface area contributed by atoms with Crippen LogP contribution in [0.5, 0.6) is 0 Å². The molecule has 2 N–H and O–H groups in total. The van der Waals surface area contributed by atoms with Gasteiger partial charge in [-0.05, 0) is 13.8 Å². The summed E-state index contributed by atoms with van der Waals surface area (Å²) in [7, 11) is 0. The Morgan fingerprint density at radius 2 is 2.50 bits per heavy atom. The van der Waals surface area contributed by atoms with Gasteiger partial charge in [-0.15, -0.1) is 11.8 Å². The molecule has 1 aromatic rings. The fourth-order valence-electron chi connectivity index (χ4n) is 1.73. The van der Waals surface area contributed by atoms with Crippen LogP contribution in [-0.4, -0.2) is 32.4 Å². The maximum Gasteiger partial charge on any atom is 0.321 e. The highest BCUT2D eigenvalue weighted by Gasteiger charge is 2.32. The van der Waals surface area contributed by atoms with Crippen molar-refractivity contribution in [3.63, 3.8) is 0 Å². The highest BCUT2D eigenvalue weighted by Crippen LogP contribution is 2.33. The van der Waals surface area contributed by atoms with Crippen LogP contribution in [0.15, 0.2) is 12.5 Å². The molecule has 2 heterocycles. The van der Waals surface area contributed by atoms with E-state index in [4.69, 9.17) is 5.11 Å². The zero-order valence-corrected chi connectivity index (χ0v) is 10.1. The number of aromatic nitrogens is 2. The van der Waals surface area contributed by atoms with Gasteiger partial charge in [0, 0.05) is 11.8 Å². The number of carboxylic acids is 1. The van der Waals surface area contributed by atoms with Crippen LogP contribution >= 0.6 is 11.8 Å². The molecule has 2 atom stereocenters. The lowest BCUT2D eigenvalue weighted by molar-refractivity contribution is -0.138. The van der Waals surface area contributed by atoms with Gasteiger partial charge in [0.15, 0.2) is 0 Å². The summed E-state index contributed by atoms with van der Waals surface area (Å²) in [6.07, 6.45) is 3.59. The van der Waals surface area contributed by atoms with Crippen LogP contribution in [-0.2, 0) is 4.79 Å². The molecule has 0 bridgehead atoms. The minimum atomic E-state index is -0.786. The van der Waals surface area contributed by atoms with Crippen molar-refractivity contribution in [1.82, 2.24) is 14.9 Å². The Kier molecular flexibility index (Phi) is 3.20. The van der Waals surface area contributed by atoms with E-state index in [1.54, 1.807) is 24.3 Å². The molecule has 1 aliphatic rings. The van der Waals surface area contributed by atoms with E-state index < -0.39 is 12.0 Å². The van der Waals surface area contributed by atoms with Gasteiger partial charge < -0.3 is 9.67 Å². The normalized spacial score (nSPS) is 25.2. The summed E-state index contributed by atoms with van der Waals surface area (Å²) in [4.78, 5) is 15.0. The predicted octanol–water partition coefficient (Wildman–Crippen LogP) is 1.25. The third-order valence-corrected chi connectivity index (χ3v) is 3.84. The van der Waals surface area contributed by atoms with Crippen LogP contribution in [0.1, 0.15) is 31.0 Å². The molecule has 1 unspecified atom stereocenters. The van der Waals surface area contributed by atoms with Crippen molar-refractivity contribution in [2.45, 2.75) is 31.3 Å². The molecule has 6 heteroatoms. The number of aliphatic carboxylic acids is 1. The van der Waals surface area contributed by atoms with E-state index in [-0.39, 0.29) is 5.37 Å². The van der Waals surface area contributed by atoms with Gasteiger partial charge in [-0.3, -0.25) is 10.1 Å². The van der Waals surface area contributed by atoms with Crippen LogP contribution in [0.25, 0.3) is 0 Å². The fraction of sp³-hybridized carbons (Fsp3) is 0.600. The van der Waals surface area contributed by atoms with Crippen LogP contribution in [0.2, 0.25) is 0 Å². The Bertz CT molecular complexity index is 391. The van der Waals surface area contributed by atoms with Gasteiger partial charge >= 0.3 is 5.97 Å². The zero-order chi connectivity index (χ0) is 11.7. The molecular formula is C10H15N3O2S. The molecule has 0 aliphatic carbocycles. The second kappa shape index (κ2) is 4.47. The van der Waals surface area contributed by atoms with Gasteiger partial charge in [-0.1, -0.05) is 0 Å². The lowest BCUT2D eigenvalue weighted by atomic mass is 10.3. The van der Waals surface area contributed by atoms with E-state index in [2.05, 4.69) is 28.7 Å². The highest BCUT2D eigenvalue weighted by molar-refractivity contribution is 7.99. The summed E-state index contributed by atoms with van der Waals surface area (Å²) < 4.78 is 2.06. The largest absolute Gasteiger partial charge is 0.480 e. The van der Waals surface area contributed by atoms with Gasteiger partial charge in [0.05, 0.1) is 23.6 Å². The molecule has 1 aromatic heterocycles. The first kappa shape index (κ1) is 11.5. The van der Waals surface area contributed by atoms with Gasteiger partial charge in [-0.2, -0.15) is 0 Å². The van der Waals surface area contributed by atoms with E-state index in [1.807, 2.05) is 0 Å². The smallest absolute Gasteiger partial charge is 0.321 e. The fourth-order valence-corrected chi connectivity index (χ4v) is 2.97. The SMILES string of the molecule is CC(C)n1cncc1C1N[C@H](C(=O)O)CS1. The summed E-state index contributed by atoms with van der Waals surface area (Å²) in [6, 6.07) is -0.116. The Labute approximate surface area is 98.2 Å².